The van der Waals surface area contributed by atoms with E-state index >= 15 is 0 Å². The van der Waals surface area contributed by atoms with E-state index in [0.29, 0.717) is 0 Å². The van der Waals surface area contributed by atoms with Crippen LogP contribution in [0.15, 0.2) is 30.3 Å². The maximum atomic E-state index is 12.7. The van der Waals surface area contributed by atoms with Crippen molar-refractivity contribution in [3.8, 4) is 0 Å². The van der Waals surface area contributed by atoms with Crippen LogP contribution in [0.2, 0.25) is 5.02 Å². The monoisotopic (exact) mass is 286 g/mol. The van der Waals surface area contributed by atoms with Crippen LogP contribution >= 0.6 is 11.6 Å². The highest BCUT2D eigenvalue weighted by Gasteiger charge is 2.87. The van der Waals surface area contributed by atoms with Gasteiger partial charge >= 0.3 is 0 Å². The maximum Gasteiger partial charge on any atom is 0.254 e. The molecule has 0 saturated heterocycles. The van der Waals surface area contributed by atoms with Gasteiger partial charge in [0.05, 0.1) is 11.1 Å². The minimum Gasteiger partial charge on any atom is -0.272 e. The Balaban J connectivity index is 1.68. The lowest BCUT2D eigenvalue weighted by molar-refractivity contribution is 0.0832. The molecule has 1 aromatic carbocycles. The summed E-state index contributed by atoms with van der Waals surface area (Å²) in [6.07, 6.45) is 1.86. The topological polar surface area (TPSA) is 34.9 Å². The summed E-state index contributed by atoms with van der Waals surface area (Å²) in [6.45, 7) is 3.85. The number of carbonyl (C=O) groups is 1. The molecule has 0 radical (unpaired) electrons. The van der Waals surface area contributed by atoms with Gasteiger partial charge in [0.25, 0.3) is 5.91 Å². The Bertz CT molecular complexity index is 741. The van der Waals surface area contributed by atoms with Gasteiger partial charge in [-0.1, -0.05) is 23.7 Å². The van der Waals surface area contributed by atoms with Crippen molar-refractivity contribution in [3.63, 3.8) is 0 Å². The molecule has 2 saturated carbocycles. The highest BCUT2D eigenvalue weighted by molar-refractivity contribution is 6.30. The van der Waals surface area contributed by atoms with E-state index in [0.717, 1.165) is 29.3 Å². The van der Waals surface area contributed by atoms with E-state index in [4.69, 9.17) is 11.6 Å². The van der Waals surface area contributed by atoms with Gasteiger partial charge < -0.3 is 0 Å². The van der Waals surface area contributed by atoms with E-state index in [-0.39, 0.29) is 16.7 Å². The lowest BCUT2D eigenvalue weighted by Crippen LogP contribution is -2.20. The van der Waals surface area contributed by atoms with Crippen molar-refractivity contribution < 1.29 is 4.79 Å². The van der Waals surface area contributed by atoms with Crippen LogP contribution in [0.3, 0.4) is 0 Å². The van der Waals surface area contributed by atoms with Crippen LogP contribution < -0.4 is 0 Å². The molecule has 0 aliphatic heterocycles. The molecule has 2 fully saturated rings. The van der Waals surface area contributed by atoms with E-state index in [1.807, 2.05) is 38.1 Å². The molecule has 0 amide bonds. The number of aryl methyl sites for hydroxylation is 2. The Kier molecular flexibility index (Phi) is 2.14. The fourth-order valence-electron chi connectivity index (χ4n) is 3.55. The minimum atomic E-state index is -0.221. The molecular formula is C16H15ClN2O. The maximum absolute atomic E-state index is 12.7. The number of aromatic nitrogens is 2. The molecule has 2 aliphatic rings. The van der Waals surface area contributed by atoms with Gasteiger partial charge in [-0.25, -0.2) is 4.68 Å². The van der Waals surface area contributed by atoms with Gasteiger partial charge in [0.15, 0.2) is 0 Å². The quantitative estimate of drug-likeness (QED) is 0.846. The lowest BCUT2D eigenvalue weighted by atomic mass is 10.0. The molecule has 4 rings (SSSR count). The van der Waals surface area contributed by atoms with Crippen LogP contribution in [-0.2, 0) is 5.41 Å². The molecule has 0 unspecified atom stereocenters. The standard InChI is InChI=1S/C16H15ClN2O/c1-10-6-11(2)19(18-10)14(20)16-8-15(16,9-16)12-4-3-5-13(17)7-12/h3-7H,8-9H2,1-2H3. The summed E-state index contributed by atoms with van der Waals surface area (Å²) in [6, 6.07) is 9.85. The van der Waals surface area contributed by atoms with Gasteiger partial charge in [0.1, 0.15) is 0 Å². The second-order valence-electron chi connectivity index (χ2n) is 6.17. The molecule has 3 nitrogen and oxygen atoms in total. The summed E-state index contributed by atoms with van der Waals surface area (Å²) in [4.78, 5) is 12.7. The summed E-state index contributed by atoms with van der Waals surface area (Å²) in [5, 5.41) is 5.07. The van der Waals surface area contributed by atoms with E-state index in [1.165, 1.54) is 5.56 Å². The molecule has 0 N–H and O–H groups in total. The molecular weight excluding hydrogens is 272 g/mol. The van der Waals surface area contributed by atoms with Crippen LogP contribution in [0.25, 0.3) is 0 Å². The molecule has 0 spiro atoms. The zero-order chi connectivity index (χ0) is 14.1. The summed E-state index contributed by atoms with van der Waals surface area (Å²) >= 11 is 6.07. The first-order chi connectivity index (χ1) is 9.48. The van der Waals surface area contributed by atoms with Crippen molar-refractivity contribution in [2.75, 3.05) is 0 Å². The van der Waals surface area contributed by atoms with E-state index in [2.05, 4.69) is 11.2 Å². The average Bonchev–Trinajstić information content (AvgIpc) is 3.18. The molecule has 102 valence electrons. The number of benzene rings is 1. The number of halogens is 1. The summed E-state index contributed by atoms with van der Waals surface area (Å²) < 4.78 is 1.58. The van der Waals surface area contributed by atoms with Crippen molar-refractivity contribution in [3.05, 3.63) is 52.3 Å². The Morgan fingerprint density at radius 2 is 2.05 bits per heavy atom. The van der Waals surface area contributed by atoms with Gasteiger partial charge in [-0.3, -0.25) is 4.79 Å². The third-order valence-electron chi connectivity index (χ3n) is 4.86. The Morgan fingerprint density at radius 3 is 2.65 bits per heavy atom. The predicted molar refractivity (Wildman–Crippen MR) is 77.1 cm³/mol. The highest BCUT2D eigenvalue weighted by atomic mass is 35.5. The smallest absolute Gasteiger partial charge is 0.254 e. The second kappa shape index (κ2) is 3.53. The van der Waals surface area contributed by atoms with E-state index in [1.54, 1.807) is 4.68 Å². The lowest BCUT2D eigenvalue weighted by Gasteiger charge is -2.03. The SMILES string of the molecule is Cc1cc(C)n(C(=O)C23CC2(c2cccc(Cl)c2)C3)n1. The average molecular weight is 287 g/mol. The third-order valence-corrected chi connectivity index (χ3v) is 5.10. The Hall–Kier alpha value is -1.61. The first-order valence-corrected chi connectivity index (χ1v) is 7.20. The van der Waals surface area contributed by atoms with Crippen molar-refractivity contribution in [2.45, 2.75) is 32.1 Å². The van der Waals surface area contributed by atoms with Gasteiger partial charge in [-0.05, 0) is 50.5 Å². The first-order valence-electron chi connectivity index (χ1n) is 6.83. The van der Waals surface area contributed by atoms with Crippen molar-refractivity contribution in [2.24, 2.45) is 5.41 Å². The van der Waals surface area contributed by atoms with Crippen molar-refractivity contribution in [1.82, 2.24) is 9.78 Å². The largest absolute Gasteiger partial charge is 0.272 e. The number of fused-ring (bicyclic) bond motifs is 1. The summed E-state index contributed by atoms with van der Waals surface area (Å²) in [5.41, 5.74) is 2.81. The molecule has 20 heavy (non-hydrogen) atoms. The number of hydrogen-bond donors (Lipinski definition) is 0. The van der Waals surface area contributed by atoms with Crippen LogP contribution in [0, 0.1) is 19.3 Å². The van der Waals surface area contributed by atoms with Crippen molar-refractivity contribution >= 4 is 17.5 Å². The summed E-state index contributed by atoms with van der Waals surface area (Å²) in [5.74, 6) is 0.142. The van der Waals surface area contributed by atoms with Gasteiger partial charge in [0.2, 0.25) is 0 Å². The van der Waals surface area contributed by atoms with Crippen LogP contribution in [0.1, 0.15) is 34.6 Å². The Labute approximate surface area is 122 Å². The van der Waals surface area contributed by atoms with Crippen molar-refractivity contribution in [1.29, 1.82) is 0 Å². The van der Waals surface area contributed by atoms with Crippen LogP contribution in [0.4, 0.5) is 0 Å². The van der Waals surface area contributed by atoms with Crippen LogP contribution in [0.5, 0.6) is 0 Å². The van der Waals surface area contributed by atoms with Gasteiger partial charge in [-0.2, -0.15) is 5.10 Å². The summed E-state index contributed by atoms with van der Waals surface area (Å²) in [7, 11) is 0. The third kappa shape index (κ3) is 1.36. The molecule has 0 atom stereocenters. The highest BCUT2D eigenvalue weighted by Crippen LogP contribution is 2.86. The van der Waals surface area contributed by atoms with E-state index in [9.17, 15) is 4.79 Å². The van der Waals surface area contributed by atoms with E-state index < -0.39 is 0 Å². The molecule has 1 heterocycles. The zero-order valence-electron chi connectivity index (χ0n) is 11.5. The minimum absolute atomic E-state index is 0.0290. The normalized spacial score (nSPS) is 29.9. The fourth-order valence-corrected chi connectivity index (χ4v) is 3.74. The molecule has 4 heteroatoms. The Morgan fingerprint density at radius 1 is 1.30 bits per heavy atom. The molecule has 1 aromatic heterocycles. The first kappa shape index (κ1) is 12.2. The van der Waals surface area contributed by atoms with Gasteiger partial charge in [-0.15, -0.1) is 0 Å². The number of rotatable bonds is 2. The number of carbonyl (C=O) groups excluding carboxylic acids is 1. The van der Waals surface area contributed by atoms with Crippen LogP contribution in [-0.4, -0.2) is 15.7 Å². The molecule has 0 bridgehead atoms. The number of nitrogens with zero attached hydrogens (tertiary/aromatic N) is 2. The molecule has 2 aliphatic carbocycles. The zero-order valence-corrected chi connectivity index (χ0v) is 12.2. The van der Waals surface area contributed by atoms with Gasteiger partial charge in [0, 0.05) is 16.1 Å². The second-order valence-corrected chi connectivity index (χ2v) is 6.61. The number of hydrogen-bond acceptors (Lipinski definition) is 2. The predicted octanol–water partition coefficient (Wildman–Crippen LogP) is 3.53. The fraction of sp³-hybridized carbons (Fsp3) is 0.375. The molecule has 2 aromatic rings.